The Balaban J connectivity index is 4.42. The normalized spacial score (nSPS) is 15.3. The van der Waals surface area contributed by atoms with Gasteiger partial charge in [0.25, 0.3) is 0 Å². The molecule has 0 radical (unpaired) electrons. The molecular weight excluding hydrogens is 226 g/mol. The Hall–Kier alpha value is -1.59. The number of rotatable bonds is 7. The van der Waals surface area contributed by atoms with Gasteiger partial charge in [0.2, 0.25) is 0 Å². The second-order valence-electron chi connectivity index (χ2n) is 4.00. The van der Waals surface area contributed by atoms with Gasteiger partial charge in [-0.25, -0.2) is 0 Å². The summed E-state index contributed by atoms with van der Waals surface area (Å²) in [6.45, 7) is 4.42. The summed E-state index contributed by atoms with van der Waals surface area (Å²) in [4.78, 5) is 25.4. The predicted octanol–water partition coefficient (Wildman–Crippen LogP) is 1.21. The zero-order chi connectivity index (χ0) is 13.5. The number of esters is 1. The fourth-order valence-electron chi connectivity index (χ4n) is 1.17. The van der Waals surface area contributed by atoms with Gasteiger partial charge in [-0.3, -0.25) is 9.59 Å². The van der Waals surface area contributed by atoms with Crippen LogP contribution < -0.4 is 0 Å². The standard InChI is InChI=1S/C10H17N3O4/c1-4-17-9(15)7(2)8(14)5-10(3,16)6-12-13-11/h7,16H,4-6H2,1-3H3. The zero-order valence-corrected chi connectivity index (χ0v) is 10.2. The van der Waals surface area contributed by atoms with Gasteiger partial charge < -0.3 is 9.84 Å². The highest BCUT2D eigenvalue weighted by molar-refractivity contribution is 5.98. The Morgan fingerprint density at radius 3 is 2.65 bits per heavy atom. The van der Waals surface area contributed by atoms with Crippen LogP contribution in [-0.4, -0.2) is 35.6 Å². The summed E-state index contributed by atoms with van der Waals surface area (Å²) < 4.78 is 4.70. The summed E-state index contributed by atoms with van der Waals surface area (Å²) in [7, 11) is 0. The molecule has 2 atom stereocenters. The van der Waals surface area contributed by atoms with Crippen molar-refractivity contribution >= 4 is 11.8 Å². The third-order valence-electron chi connectivity index (χ3n) is 2.15. The first-order chi connectivity index (χ1) is 7.84. The maximum absolute atomic E-state index is 11.6. The lowest BCUT2D eigenvalue weighted by Gasteiger charge is -2.21. The van der Waals surface area contributed by atoms with Crippen LogP contribution >= 0.6 is 0 Å². The van der Waals surface area contributed by atoms with Crippen LogP contribution in [-0.2, 0) is 14.3 Å². The lowest BCUT2D eigenvalue weighted by Crippen LogP contribution is -2.35. The summed E-state index contributed by atoms with van der Waals surface area (Å²) in [5.74, 6) is -1.98. The number of ketones is 1. The first-order valence-electron chi connectivity index (χ1n) is 5.26. The molecule has 0 aromatic carbocycles. The molecule has 0 saturated carbocycles. The lowest BCUT2D eigenvalue weighted by molar-refractivity contribution is -0.151. The van der Waals surface area contributed by atoms with E-state index in [-0.39, 0.29) is 19.6 Å². The molecule has 0 fully saturated rings. The number of Topliss-reactive ketones (excluding diaryl/α,β-unsaturated/α-hetero) is 1. The van der Waals surface area contributed by atoms with E-state index in [1.807, 2.05) is 0 Å². The van der Waals surface area contributed by atoms with Crippen molar-refractivity contribution in [3.8, 4) is 0 Å². The highest BCUT2D eigenvalue weighted by Crippen LogP contribution is 2.15. The first kappa shape index (κ1) is 15.4. The maximum Gasteiger partial charge on any atom is 0.316 e. The number of carbonyl (C=O) groups is 2. The summed E-state index contributed by atoms with van der Waals surface area (Å²) >= 11 is 0. The Morgan fingerprint density at radius 2 is 2.18 bits per heavy atom. The minimum absolute atomic E-state index is 0.200. The predicted molar refractivity (Wildman–Crippen MR) is 60.1 cm³/mol. The number of hydrogen-bond donors (Lipinski definition) is 1. The highest BCUT2D eigenvalue weighted by atomic mass is 16.5. The van der Waals surface area contributed by atoms with Crippen molar-refractivity contribution in [3.05, 3.63) is 10.4 Å². The van der Waals surface area contributed by atoms with E-state index < -0.39 is 23.3 Å². The number of aliphatic hydroxyl groups is 1. The van der Waals surface area contributed by atoms with Gasteiger partial charge in [-0.15, -0.1) is 0 Å². The number of ether oxygens (including phenoxy) is 1. The fraction of sp³-hybridized carbons (Fsp3) is 0.800. The summed E-state index contributed by atoms with van der Waals surface area (Å²) in [5.41, 5.74) is 6.68. The minimum Gasteiger partial charge on any atom is -0.465 e. The van der Waals surface area contributed by atoms with Crippen molar-refractivity contribution in [2.75, 3.05) is 13.2 Å². The molecule has 0 saturated heterocycles. The molecule has 0 aliphatic heterocycles. The molecule has 0 spiro atoms. The molecule has 1 N–H and O–H groups in total. The molecule has 7 heteroatoms. The van der Waals surface area contributed by atoms with Crippen molar-refractivity contribution in [3.63, 3.8) is 0 Å². The molecule has 17 heavy (non-hydrogen) atoms. The molecule has 2 unspecified atom stereocenters. The van der Waals surface area contributed by atoms with Gasteiger partial charge in [0.05, 0.1) is 18.8 Å². The van der Waals surface area contributed by atoms with E-state index in [1.165, 1.54) is 13.8 Å². The molecule has 0 rings (SSSR count). The summed E-state index contributed by atoms with van der Waals surface area (Å²) in [5, 5.41) is 12.9. The van der Waals surface area contributed by atoms with Gasteiger partial charge in [-0.2, -0.15) is 0 Å². The topological polar surface area (TPSA) is 112 Å². The van der Waals surface area contributed by atoms with Gasteiger partial charge in [0, 0.05) is 11.3 Å². The largest absolute Gasteiger partial charge is 0.465 e. The third-order valence-corrected chi connectivity index (χ3v) is 2.15. The molecule has 0 aromatic heterocycles. The average molecular weight is 243 g/mol. The molecule has 0 bridgehead atoms. The van der Waals surface area contributed by atoms with E-state index in [0.29, 0.717) is 0 Å². The van der Waals surface area contributed by atoms with E-state index >= 15 is 0 Å². The Bertz CT molecular complexity index is 334. The Kier molecular flexibility index (Phi) is 6.23. The third kappa shape index (κ3) is 5.89. The van der Waals surface area contributed by atoms with Crippen LogP contribution in [0.15, 0.2) is 5.11 Å². The SMILES string of the molecule is CCOC(=O)C(C)C(=O)CC(C)(O)CN=[N+]=[N-]. The number of nitrogens with zero attached hydrogens (tertiary/aromatic N) is 3. The van der Waals surface area contributed by atoms with Crippen LogP contribution in [0, 0.1) is 5.92 Å². The molecule has 0 aliphatic carbocycles. The van der Waals surface area contributed by atoms with E-state index in [0.717, 1.165) is 0 Å². The first-order valence-corrected chi connectivity index (χ1v) is 5.26. The molecule has 0 heterocycles. The molecule has 0 aromatic rings. The van der Waals surface area contributed by atoms with E-state index in [9.17, 15) is 14.7 Å². The van der Waals surface area contributed by atoms with Crippen LogP contribution in [0.3, 0.4) is 0 Å². The van der Waals surface area contributed by atoms with Gasteiger partial charge in [-0.05, 0) is 26.3 Å². The second kappa shape index (κ2) is 6.88. The van der Waals surface area contributed by atoms with Crippen LogP contribution in [0.25, 0.3) is 10.4 Å². The van der Waals surface area contributed by atoms with Gasteiger partial charge in [-0.1, -0.05) is 5.11 Å². The number of azide groups is 1. The van der Waals surface area contributed by atoms with Crippen molar-refractivity contribution in [1.82, 2.24) is 0 Å². The van der Waals surface area contributed by atoms with E-state index in [1.54, 1.807) is 6.92 Å². The summed E-state index contributed by atoms with van der Waals surface area (Å²) in [6.07, 6.45) is -0.258. The lowest BCUT2D eigenvalue weighted by atomic mass is 9.93. The highest BCUT2D eigenvalue weighted by Gasteiger charge is 2.30. The quantitative estimate of drug-likeness (QED) is 0.238. The molecular formula is C10H17N3O4. The van der Waals surface area contributed by atoms with Crippen molar-refractivity contribution in [1.29, 1.82) is 0 Å². The monoisotopic (exact) mass is 243 g/mol. The van der Waals surface area contributed by atoms with Crippen LogP contribution in [0.4, 0.5) is 0 Å². The Labute approximate surface area is 99.4 Å². The zero-order valence-electron chi connectivity index (χ0n) is 10.2. The van der Waals surface area contributed by atoms with Gasteiger partial charge in [0.15, 0.2) is 0 Å². The molecule has 96 valence electrons. The molecule has 0 aliphatic rings. The molecule has 7 nitrogen and oxygen atoms in total. The maximum atomic E-state index is 11.6. The van der Waals surface area contributed by atoms with Crippen molar-refractivity contribution in [2.45, 2.75) is 32.8 Å². The van der Waals surface area contributed by atoms with Crippen LogP contribution in [0.2, 0.25) is 0 Å². The van der Waals surface area contributed by atoms with Crippen molar-refractivity contribution < 1.29 is 19.4 Å². The van der Waals surface area contributed by atoms with Crippen LogP contribution in [0.1, 0.15) is 27.2 Å². The smallest absolute Gasteiger partial charge is 0.316 e. The van der Waals surface area contributed by atoms with Gasteiger partial charge >= 0.3 is 5.97 Å². The number of hydrogen-bond acceptors (Lipinski definition) is 5. The summed E-state index contributed by atoms with van der Waals surface area (Å²) in [6, 6.07) is 0. The van der Waals surface area contributed by atoms with Crippen LogP contribution in [0.5, 0.6) is 0 Å². The average Bonchev–Trinajstić information content (AvgIpc) is 2.25. The number of carbonyl (C=O) groups excluding carboxylic acids is 2. The second-order valence-corrected chi connectivity index (χ2v) is 4.00. The fourth-order valence-corrected chi connectivity index (χ4v) is 1.17. The van der Waals surface area contributed by atoms with E-state index in [4.69, 9.17) is 10.3 Å². The van der Waals surface area contributed by atoms with Gasteiger partial charge in [0.1, 0.15) is 11.7 Å². The van der Waals surface area contributed by atoms with Crippen molar-refractivity contribution in [2.24, 2.45) is 11.0 Å². The van der Waals surface area contributed by atoms with E-state index in [2.05, 4.69) is 10.0 Å². The minimum atomic E-state index is -1.44. The molecule has 0 amide bonds. The Morgan fingerprint density at radius 1 is 1.59 bits per heavy atom.